The van der Waals surface area contributed by atoms with E-state index in [9.17, 15) is 9.70 Å². The van der Waals surface area contributed by atoms with Gasteiger partial charge in [-0.1, -0.05) is 31.2 Å². The minimum Gasteiger partial charge on any atom is -0.490 e. The van der Waals surface area contributed by atoms with Crippen LogP contribution in [0.15, 0.2) is 47.6 Å². The van der Waals surface area contributed by atoms with Gasteiger partial charge in [0.1, 0.15) is 5.75 Å². The summed E-state index contributed by atoms with van der Waals surface area (Å²) < 4.78 is 7.37. The topological polar surface area (TPSA) is 68.6 Å². The van der Waals surface area contributed by atoms with Crippen molar-refractivity contribution in [2.24, 2.45) is 11.1 Å². The molecule has 4 aromatic rings. The van der Waals surface area contributed by atoms with Crippen LogP contribution in [0.25, 0.3) is 31.6 Å². The van der Waals surface area contributed by atoms with E-state index < -0.39 is 5.91 Å². The summed E-state index contributed by atoms with van der Waals surface area (Å²) in [5, 5.41) is 4.48. The van der Waals surface area contributed by atoms with Crippen molar-refractivity contribution in [3.05, 3.63) is 64.1 Å². The van der Waals surface area contributed by atoms with E-state index in [1.54, 1.807) is 17.4 Å². The molecule has 1 aliphatic rings. The van der Waals surface area contributed by atoms with Crippen LogP contribution in [0.2, 0.25) is 0 Å². The summed E-state index contributed by atoms with van der Waals surface area (Å²) >= 11 is 1.63. The molecule has 1 saturated carbocycles. The second kappa shape index (κ2) is 7.54. The lowest BCUT2D eigenvalue weighted by atomic mass is 9.84. The lowest BCUT2D eigenvalue weighted by molar-refractivity contribution is 0.0751. The third-order valence-corrected chi connectivity index (χ3v) is 7.43. The molecule has 31 heavy (non-hydrogen) atoms. The zero-order valence-corrected chi connectivity index (χ0v) is 18.5. The monoisotopic (exact) mass is 430 g/mol. The molecule has 0 bridgehead atoms. The maximum Gasteiger partial charge on any atom is 0.317 e. The first kappa shape index (κ1) is 19.8. The molecular weight excluding hydrogens is 408 g/mol. The number of fused-ring (bicyclic) bond motifs is 2. The Kier molecular flexibility index (Phi) is 4.82. The van der Waals surface area contributed by atoms with Crippen molar-refractivity contribution in [2.75, 3.05) is 0 Å². The number of ether oxygens (including phenoxy) is 1. The van der Waals surface area contributed by atoms with Gasteiger partial charge in [0.25, 0.3) is 0 Å². The van der Waals surface area contributed by atoms with E-state index in [1.807, 2.05) is 31.2 Å². The van der Waals surface area contributed by atoms with Crippen molar-refractivity contribution in [1.82, 2.24) is 4.98 Å². The summed E-state index contributed by atoms with van der Waals surface area (Å²) in [4.78, 5) is 29.8. The van der Waals surface area contributed by atoms with Crippen LogP contribution in [0.3, 0.4) is 0 Å². The van der Waals surface area contributed by atoms with Gasteiger partial charge in [-0.25, -0.2) is 4.98 Å². The number of nitrogens with zero attached hydrogens (tertiary/aromatic N) is 2. The molecule has 2 aromatic carbocycles. The lowest BCUT2D eigenvalue weighted by Crippen LogP contribution is -2.32. The highest BCUT2D eigenvalue weighted by molar-refractivity contribution is 7.22. The second-order valence-electron chi connectivity index (χ2n) is 8.42. The number of carbonyl (C=O) groups is 1. The first-order valence-electron chi connectivity index (χ1n) is 10.4. The van der Waals surface area contributed by atoms with E-state index in [-0.39, 0.29) is 11.7 Å². The molecule has 5 nitrogen and oxygen atoms in total. The van der Waals surface area contributed by atoms with Gasteiger partial charge in [-0.3, -0.25) is 4.79 Å². The fraction of sp³-hybridized carbons (Fsp3) is 0.280. The predicted octanol–water partition coefficient (Wildman–Crippen LogP) is 6.82. The van der Waals surface area contributed by atoms with Gasteiger partial charge in [-0.2, -0.15) is 0 Å². The Morgan fingerprint density at radius 1 is 1.16 bits per heavy atom. The van der Waals surface area contributed by atoms with Crippen LogP contribution in [-0.2, 0) is 0 Å². The first-order chi connectivity index (χ1) is 15.0. The summed E-state index contributed by atoms with van der Waals surface area (Å²) in [5.41, 5.74) is 3.63. The SMILES string of the molecule is Cc1c(-c2cc(C(=O)N=O)c3c(OC4CC(C)C4)ccc(C)c3n2)sc2ccccc12. The van der Waals surface area contributed by atoms with E-state index in [4.69, 9.17) is 9.72 Å². The van der Waals surface area contributed by atoms with E-state index in [0.29, 0.717) is 28.3 Å². The molecule has 0 atom stereocenters. The average molecular weight is 431 g/mol. The van der Waals surface area contributed by atoms with E-state index >= 15 is 0 Å². The fourth-order valence-electron chi connectivity index (χ4n) is 4.40. The van der Waals surface area contributed by atoms with Gasteiger partial charge >= 0.3 is 5.91 Å². The molecule has 156 valence electrons. The van der Waals surface area contributed by atoms with Crippen molar-refractivity contribution < 1.29 is 9.53 Å². The van der Waals surface area contributed by atoms with Gasteiger partial charge in [0, 0.05) is 9.88 Å². The van der Waals surface area contributed by atoms with Crippen molar-refractivity contribution in [2.45, 2.75) is 39.7 Å². The van der Waals surface area contributed by atoms with E-state index in [0.717, 1.165) is 33.5 Å². The zero-order valence-electron chi connectivity index (χ0n) is 17.6. The van der Waals surface area contributed by atoms with Crippen molar-refractivity contribution in [3.8, 4) is 16.3 Å². The van der Waals surface area contributed by atoms with E-state index in [2.05, 4.69) is 31.2 Å². The normalized spacial score (nSPS) is 18.2. The van der Waals surface area contributed by atoms with Crippen LogP contribution in [-0.4, -0.2) is 17.0 Å². The Balaban J connectivity index is 1.74. The molecule has 6 heteroatoms. The van der Waals surface area contributed by atoms with E-state index in [1.165, 1.54) is 5.39 Å². The Hall–Kier alpha value is -3.12. The summed E-state index contributed by atoms with van der Waals surface area (Å²) in [6.45, 7) is 6.21. The molecule has 1 amide bonds. The molecule has 0 radical (unpaired) electrons. The molecule has 5 rings (SSSR count). The van der Waals surface area contributed by atoms with Crippen molar-refractivity contribution in [3.63, 3.8) is 0 Å². The number of nitroso groups, excluding NO2 is 1. The Bertz CT molecular complexity index is 1350. The Morgan fingerprint density at radius 2 is 1.94 bits per heavy atom. The number of carbonyl (C=O) groups excluding carboxylic acids is 1. The number of aromatic nitrogens is 1. The number of hydrogen-bond acceptors (Lipinski definition) is 5. The quantitative estimate of drug-likeness (QED) is 0.333. The number of benzene rings is 2. The third kappa shape index (κ3) is 3.31. The van der Waals surface area contributed by atoms with Crippen LogP contribution >= 0.6 is 11.3 Å². The molecule has 0 aliphatic heterocycles. The minimum absolute atomic E-state index is 0.123. The van der Waals surface area contributed by atoms with Crippen LogP contribution in [0.1, 0.15) is 41.3 Å². The Labute approximate surface area is 184 Å². The number of aryl methyl sites for hydroxylation is 2. The molecule has 1 aliphatic carbocycles. The summed E-state index contributed by atoms with van der Waals surface area (Å²) in [6, 6.07) is 13.7. The number of pyridine rings is 1. The minimum atomic E-state index is -0.801. The maximum absolute atomic E-state index is 12.6. The largest absolute Gasteiger partial charge is 0.490 e. The standard InChI is InChI=1S/C25H22N2O3S/c1-13-10-16(11-13)30-20-9-8-14(2)23-22(20)18(25(28)27-29)12-19(26-23)24-15(3)17-6-4-5-7-21(17)31-24/h4-9,12-13,16H,10-11H2,1-3H3. The van der Waals surface area contributed by atoms with Gasteiger partial charge in [-0.05, 0) is 67.3 Å². The van der Waals surface area contributed by atoms with Crippen molar-refractivity contribution >= 4 is 38.2 Å². The van der Waals surface area contributed by atoms with Gasteiger partial charge in [0.2, 0.25) is 0 Å². The number of thiophene rings is 1. The van der Waals surface area contributed by atoms with Gasteiger partial charge < -0.3 is 4.74 Å². The van der Waals surface area contributed by atoms with Gasteiger partial charge in [0.05, 0.1) is 33.1 Å². The van der Waals surface area contributed by atoms with Crippen LogP contribution in [0.4, 0.5) is 0 Å². The second-order valence-corrected chi connectivity index (χ2v) is 9.48. The molecule has 0 spiro atoms. The summed E-state index contributed by atoms with van der Waals surface area (Å²) in [6.07, 6.45) is 2.09. The fourth-order valence-corrected chi connectivity index (χ4v) is 5.57. The number of hydrogen-bond donors (Lipinski definition) is 0. The highest BCUT2D eigenvalue weighted by atomic mass is 32.1. The lowest BCUT2D eigenvalue weighted by Gasteiger charge is -2.33. The summed E-state index contributed by atoms with van der Waals surface area (Å²) in [7, 11) is 0. The average Bonchev–Trinajstić information content (AvgIpc) is 3.10. The number of rotatable bonds is 4. The highest BCUT2D eigenvalue weighted by Crippen LogP contribution is 2.41. The number of amides is 1. The van der Waals surface area contributed by atoms with Crippen LogP contribution in [0.5, 0.6) is 5.75 Å². The van der Waals surface area contributed by atoms with Crippen LogP contribution in [0, 0.1) is 24.7 Å². The van der Waals surface area contributed by atoms with Gasteiger partial charge in [-0.15, -0.1) is 16.2 Å². The third-order valence-electron chi connectivity index (χ3n) is 6.14. The molecule has 0 N–H and O–H groups in total. The zero-order chi connectivity index (χ0) is 21.7. The van der Waals surface area contributed by atoms with Crippen LogP contribution < -0.4 is 4.74 Å². The molecule has 0 unspecified atom stereocenters. The Morgan fingerprint density at radius 3 is 2.65 bits per heavy atom. The predicted molar refractivity (Wildman–Crippen MR) is 125 cm³/mol. The summed E-state index contributed by atoms with van der Waals surface area (Å²) in [5.74, 6) is 0.432. The molecule has 2 aromatic heterocycles. The van der Waals surface area contributed by atoms with Crippen molar-refractivity contribution in [1.29, 1.82) is 0 Å². The smallest absolute Gasteiger partial charge is 0.317 e. The molecule has 2 heterocycles. The first-order valence-corrected chi connectivity index (χ1v) is 11.2. The maximum atomic E-state index is 12.6. The highest BCUT2D eigenvalue weighted by Gasteiger charge is 2.29. The molecule has 1 fully saturated rings. The van der Waals surface area contributed by atoms with Gasteiger partial charge in [0.15, 0.2) is 0 Å². The molecule has 0 saturated heterocycles. The molecular formula is C25H22N2O3S.